The number of hydrogen-bond acceptors (Lipinski definition) is 6. The number of ether oxygens (including phenoxy) is 2. The van der Waals surface area contributed by atoms with Crippen molar-refractivity contribution in [3.63, 3.8) is 0 Å². The number of methoxy groups -OCH3 is 2. The third kappa shape index (κ3) is 2.54. The molecule has 0 radical (unpaired) electrons. The van der Waals surface area contributed by atoms with Gasteiger partial charge in [-0.15, -0.1) is 0 Å². The Kier molecular flexibility index (Phi) is 3.79. The van der Waals surface area contributed by atoms with Crippen molar-refractivity contribution in [2.45, 2.75) is 19.4 Å². The van der Waals surface area contributed by atoms with Crippen LogP contribution in [0.2, 0.25) is 0 Å². The molecule has 0 aliphatic carbocycles. The molecule has 0 aromatic carbocycles. The van der Waals surface area contributed by atoms with Crippen LogP contribution < -0.4 is 14.4 Å². The topological polar surface area (TPSA) is 60.4 Å². The molecule has 1 aliphatic rings. The van der Waals surface area contributed by atoms with Gasteiger partial charge in [-0.3, -0.25) is 0 Å². The van der Waals surface area contributed by atoms with Crippen LogP contribution in [0.3, 0.4) is 0 Å². The van der Waals surface area contributed by atoms with Crippen molar-refractivity contribution in [2.24, 2.45) is 0 Å². The summed E-state index contributed by atoms with van der Waals surface area (Å²) in [6, 6.07) is 3.35. The predicted octanol–water partition coefficient (Wildman–Crippen LogP) is 2.15. The van der Waals surface area contributed by atoms with Crippen molar-refractivity contribution in [1.82, 2.24) is 15.0 Å². The van der Waals surface area contributed by atoms with Gasteiger partial charge in [-0.1, -0.05) is 0 Å². The first kappa shape index (κ1) is 14.5. The van der Waals surface area contributed by atoms with E-state index in [0.29, 0.717) is 24.1 Å². The standard InChI is InChI=1S/C15H17FN4O2/c1-9-11-8-17-15(22-3)18-12(11)4-5-20(9)14-7-10(21-2)6-13(16)19-14/h6-9H,4-5H2,1-3H3. The van der Waals surface area contributed by atoms with Gasteiger partial charge in [0.05, 0.1) is 26.0 Å². The maximum absolute atomic E-state index is 13.6. The minimum atomic E-state index is -0.557. The highest BCUT2D eigenvalue weighted by Crippen LogP contribution is 2.33. The molecule has 0 fully saturated rings. The van der Waals surface area contributed by atoms with Crippen molar-refractivity contribution in [1.29, 1.82) is 0 Å². The predicted molar refractivity (Wildman–Crippen MR) is 78.8 cm³/mol. The number of hydrogen-bond donors (Lipinski definition) is 0. The van der Waals surface area contributed by atoms with Crippen LogP contribution in [0, 0.1) is 5.95 Å². The van der Waals surface area contributed by atoms with E-state index < -0.39 is 5.95 Å². The lowest BCUT2D eigenvalue weighted by atomic mass is 10.00. The molecule has 0 saturated heterocycles. The van der Waals surface area contributed by atoms with Gasteiger partial charge in [0.25, 0.3) is 0 Å². The van der Waals surface area contributed by atoms with Crippen molar-refractivity contribution < 1.29 is 13.9 Å². The molecule has 0 spiro atoms. The smallest absolute Gasteiger partial charge is 0.316 e. The van der Waals surface area contributed by atoms with Crippen molar-refractivity contribution in [3.8, 4) is 11.8 Å². The zero-order chi connectivity index (χ0) is 15.7. The zero-order valence-corrected chi connectivity index (χ0v) is 12.7. The third-order valence-corrected chi connectivity index (χ3v) is 3.85. The van der Waals surface area contributed by atoms with Gasteiger partial charge in [0, 0.05) is 36.9 Å². The first-order valence-corrected chi connectivity index (χ1v) is 7.00. The lowest BCUT2D eigenvalue weighted by molar-refractivity contribution is 0.375. The molecular formula is C15H17FN4O2. The Balaban J connectivity index is 1.95. The molecule has 22 heavy (non-hydrogen) atoms. The van der Waals surface area contributed by atoms with Gasteiger partial charge in [-0.25, -0.2) is 9.97 Å². The third-order valence-electron chi connectivity index (χ3n) is 3.85. The molecule has 6 nitrogen and oxygen atoms in total. The molecule has 3 heterocycles. The molecule has 1 atom stereocenters. The fourth-order valence-corrected chi connectivity index (χ4v) is 2.68. The Hall–Kier alpha value is -2.44. The largest absolute Gasteiger partial charge is 0.496 e. The molecule has 7 heteroatoms. The second-order valence-electron chi connectivity index (χ2n) is 5.07. The molecule has 0 N–H and O–H groups in total. The van der Waals surface area contributed by atoms with Crippen LogP contribution in [0.25, 0.3) is 0 Å². The summed E-state index contributed by atoms with van der Waals surface area (Å²) in [6.45, 7) is 2.71. The summed E-state index contributed by atoms with van der Waals surface area (Å²) in [5.74, 6) is 0.440. The molecule has 0 saturated carbocycles. The first-order chi connectivity index (χ1) is 10.6. The summed E-state index contributed by atoms with van der Waals surface area (Å²) < 4.78 is 23.8. The summed E-state index contributed by atoms with van der Waals surface area (Å²) in [4.78, 5) is 14.5. The summed E-state index contributed by atoms with van der Waals surface area (Å²) in [5, 5.41) is 0. The fourth-order valence-electron chi connectivity index (χ4n) is 2.68. The average molecular weight is 304 g/mol. The molecule has 2 aromatic heterocycles. The minimum absolute atomic E-state index is 0.00587. The maximum Gasteiger partial charge on any atom is 0.316 e. The van der Waals surface area contributed by atoms with Gasteiger partial charge in [-0.05, 0) is 6.92 Å². The maximum atomic E-state index is 13.6. The Bertz CT molecular complexity index is 695. The van der Waals surface area contributed by atoms with Gasteiger partial charge in [-0.2, -0.15) is 9.37 Å². The van der Waals surface area contributed by atoms with Gasteiger partial charge in [0.1, 0.15) is 11.6 Å². The average Bonchev–Trinajstić information content (AvgIpc) is 2.54. The lowest BCUT2D eigenvalue weighted by Crippen LogP contribution is -2.35. The molecule has 0 bridgehead atoms. The molecule has 0 amide bonds. The van der Waals surface area contributed by atoms with Crippen molar-refractivity contribution in [2.75, 3.05) is 25.7 Å². The Labute approximate surface area is 127 Å². The highest BCUT2D eigenvalue weighted by atomic mass is 19.1. The second-order valence-corrected chi connectivity index (χ2v) is 5.07. The normalized spacial score (nSPS) is 17.1. The van der Waals surface area contributed by atoms with Crippen LogP contribution in [-0.4, -0.2) is 35.7 Å². The van der Waals surface area contributed by atoms with E-state index >= 15 is 0 Å². The van der Waals surface area contributed by atoms with Gasteiger partial charge in [0.15, 0.2) is 0 Å². The summed E-state index contributed by atoms with van der Waals surface area (Å²) >= 11 is 0. The molecule has 116 valence electrons. The summed E-state index contributed by atoms with van der Waals surface area (Å²) in [6.07, 6.45) is 2.48. The highest BCUT2D eigenvalue weighted by Gasteiger charge is 2.27. The number of aromatic nitrogens is 3. The number of fused-ring (bicyclic) bond motifs is 1. The van der Waals surface area contributed by atoms with Crippen LogP contribution in [-0.2, 0) is 6.42 Å². The zero-order valence-electron chi connectivity index (χ0n) is 12.7. The Morgan fingerprint density at radius 3 is 2.77 bits per heavy atom. The van der Waals surface area contributed by atoms with Crippen LogP contribution in [0.15, 0.2) is 18.3 Å². The van der Waals surface area contributed by atoms with Crippen LogP contribution in [0.1, 0.15) is 24.2 Å². The number of pyridine rings is 1. The second kappa shape index (κ2) is 5.75. The van der Waals surface area contributed by atoms with Crippen molar-refractivity contribution in [3.05, 3.63) is 35.5 Å². The molecule has 1 aliphatic heterocycles. The first-order valence-electron chi connectivity index (χ1n) is 7.00. The molecular weight excluding hydrogens is 287 g/mol. The van der Waals surface area contributed by atoms with Gasteiger partial charge >= 0.3 is 6.01 Å². The Morgan fingerprint density at radius 2 is 2.05 bits per heavy atom. The van der Waals surface area contributed by atoms with Gasteiger partial charge in [0.2, 0.25) is 5.95 Å². The van der Waals surface area contributed by atoms with E-state index in [0.717, 1.165) is 17.7 Å². The van der Waals surface area contributed by atoms with E-state index in [4.69, 9.17) is 9.47 Å². The van der Waals surface area contributed by atoms with Crippen LogP contribution in [0.4, 0.5) is 10.2 Å². The number of anilines is 1. The van der Waals surface area contributed by atoms with E-state index in [-0.39, 0.29) is 6.04 Å². The SMILES string of the molecule is COc1cc(F)nc(N2CCc3nc(OC)ncc3C2C)c1. The van der Waals surface area contributed by atoms with Gasteiger partial charge < -0.3 is 14.4 Å². The lowest BCUT2D eigenvalue weighted by Gasteiger charge is -2.35. The molecule has 3 rings (SSSR count). The quantitative estimate of drug-likeness (QED) is 0.810. The fraction of sp³-hybridized carbons (Fsp3) is 0.400. The highest BCUT2D eigenvalue weighted by molar-refractivity contribution is 5.48. The number of rotatable bonds is 3. The number of nitrogens with zero attached hydrogens (tertiary/aromatic N) is 4. The summed E-state index contributed by atoms with van der Waals surface area (Å²) in [7, 11) is 3.05. The minimum Gasteiger partial charge on any atom is -0.496 e. The van der Waals surface area contributed by atoms with Crippen LogP contribution >= 0.6 is 0 Å². The van der Waals surface area contributed by atoms with E-state index in [1.54, 1.807) is 19.4 Å². The van der Waals surface area contributed by atoms with Crippen molar-refractivity contribution >= 4 is 5.82 Å². The monoisotopic (exact) mass is 304 g/mol. The van der Waals surface area contributed by atoms with E-state index in [1.807, 2.05) is 11.8 Å². The van der Waals surface area contributed by atoms with E-state index in [1.165, 1.54) is 13.2 Å². The molecule has 2 aromatic rings. The van der Waals surface area contributed by atoms with E-state index in [9.17, 15) is 4.39 Å². The Morgan fingerprint density at radius 1 is 1.23 bits per heavy atom. The molecule has 1 unspecified atom stereocenters. The summed E-state index contributed by atoms with van der Waals surface area (Å²) in [5.41, 5.74) is 1.95. The number of halogens is 1. The van der Waals surface area contributed by atoms with Crippen LogP contribution in [0.5, 0.6) is 11.8 Å². The van der Waals surface area contributed by atoms with E-state index in [2.05, 4.69) is 15.0 Å².